The van der Waals surface area contributed by atoms with Gasteiger partial charge in [0.1, 0.15) is 0 Å². The Balaban J connectivity index is 3.53. The molecular weight excluding hydrogens is 258 g/mol. The third-order valence-corrected chi connectivity index (χ3v) is 3.18. The number of rotatable bonds is 8. The van der Waals surface area contributed by atoms with Gasteiger partial charge < -0.3 is 19.6 Å². The van der Waals surface area contributed by atoms with E-state index in [1.54, 1.807) is 6.92 Å². The van der Waals surface area contributed by atoms with Crippen molar-refractivity contribution in [1.82, 2.24) is 10.2 Å². The monoisotopic (exact) mass is 276 g/mol. The number of nitrogens with one attached hydrogen (secondary N) is 2. The first kappa shape index (κ1) is 16.2. The summed E-state index contributed by atoms with van der Waals surface area (Å²) in [6.07, 6.45) is 1.66. The van der Waals surface area contributed by atoms with E-state index in [4.69, 9.17) is 19.6 Å². The lowest BCUT2D eigenvalue weighted by atomic mass is 10.1. The van der Waals surface area contributed by atoms with E-state index in [1.165, 1.54) is 0 Å². The van der Waals surface area contributed by atoms with E-state index in [-0.39, 0.29) is 12.6 Å². The number of hydrogen-bond donors (Lipinski definition) is 6. The molecule has 6 N–H and O–H groups in total. The first-order chi connectivity index (χ1) is 7.10. The third kappa shape index (κ3) is 12.3. The van der Waals surface area contributed by atoms with Crippen molar-refractivity contribution in [2.24, 2.45) is 0 Å². The highest BCUT2D eigenvalue weighted by Gasteiger charge is 2.16. The van der Waals surface area contributed by atoms with E-state index in [9.17, 15) is 9.13 Å². The summed E-state index contributed by atoms with van der Waals surface area (Å²) in [6, 6.07) is -0.337. The molecule has 0 aromatic rings. The maximum Gasteiger partial charge on any atom is 0.400 e. The molecule has 8 nitrogen and oxygen atoms in total. The van der Waals surface area contributed by atoms with E-state index in [0.29, 0.717) is 19.3 Å². The first-order valence-corrected chi connectivity index (χ1v) is 7.96. The first-order valence-electron chi connectivity index (χ1n) is 4.74. The summed E-state index contributed by atoms with van der Waals surface area (Å²) in [5, 5.41) is 4.16. The molecule has 0 radical (unpaired) electrons. The quantitative estimate of drug-likeness (QED) is 0.267. The molecule has 0 aliphatic rings. The molecule has 0 aliphatic heterocycles. The molecule has 1 unspecified atom stereocenters. The Hall–Kier alpha value is 0.220. The third-order valence-electron chi connectivity index (χ3n) is 1.77. The summed E-state index contributed by atoms with van der Waals surface area (Å²) in [5.41, 5.74) is 0. The summed E-state index contributed by atoms with van der Waals surface area (Å²) in [4.78, 5) is 34.1. The Morgan fingerprint density at radius 2 is 1.62 bits per heavy atom. The van der Waals surface area contributed by atoms with Gasteiger partial charge in [0, 0.05) is 12.6 Å². The van der Waals surface area contributed by atoms with E-state index in [1.807, 2.05) is 5.09 Å². The highest BCUT2D eigenvalue weighted by molar-refractivity contribution is 7.49. The molecular formula is C6H18N2O6P2. The summed E-state index contributed by atoms with van der Waals surface area (Å²) >= 11 is 0. The SMILES string of the molecule is CC(CCCCNP(=O)(O)O)NP(=O)(O)O. The normalized spacial score (nSPS) is 15.1. The van der Waals surface area contributed by atoms with Gasteiger partial charge in [-0.1, -0.05) is 6.42 Å². The molecule has 0 saturated carbocycles. The summed E-state index contributed by atoms with van der Waals surface area (Å²) in [5.74, 6) is 0. The van der Waals surface area contributed by atoms with Gasteiger partial charge in [0.05, 0.1) is 0 Å². The molecule has 10 heteroatoms. The van der Waals surface area contributed by atoms with Crippen LogP contribution in [0.4, 0.5) is 0 Å². The van der Waals surface area contributed by atoms with Crippen LogP contribution >= 0.6 is 15.5 Å². The van der Waals surface area contributed by atoms with Gasteiger partial charge in [-0.25, -0.2) is 19.3 Å². The molecule has 0 bridgehead atoms. The molecule has 0 aliphatic carbocycles. The van der Waals surface area contributed by atoms with E-state index >= 15 is 0 Å². The van der Waals surface area contributed by atoms with Crippen LogP contribution in [0.1, 0.15) is 26.2 Å². The van der Waals surface area contributed by atoms with Crippen molar-refractivity contribution in [1.29, 1.82) is 0 Å². The lowest BCUT2D eigenvalue weighted by Crippen LogP contribution is -2.23. The molecule has 0 amide bonds. The smallest absolute Gasteiger partial charge is 0.313 e. The van der Waals surface area contributed by atoms with Gasteiger partial charge >= 0.3 is 15.5 Å². The Bertz CT molecular complexity index is 287. The molecule has 0 aromatic heterocycles. The van der Waals surface area contributed by atoms with Crippen LogP contribution in [-0.4, -0.2) is 32.2 Å². The maximum absolute atomic E-state index is 10.5. The van der Waals surface area contributed by atoms with Crippen LogP contribution in [0, 0.1) is 0 Å². The van der Waals surface area contributed by atoms with Crippen molar-refractivity contribution in [3.05, 3.63) is 0 Å². The van der Waals surface area contributed by atoms with Crippen LogP contribution < -0.4 is 10.2 Å². The average Bonchev–Trinajstić information content (AvgIpc) is 1.97. The maximum atomic E-state index is 10.5. The fraction of sp³-hybridized carbons (Fsp3) is 1.00. The van der Waals surface area contributed by atoms with Gasteiger partial charge in [0.2, 0.25) is 0 Å². The second kappa shape index (κ2) is 6.83. The van der Waals surface area contributed by atoms with Gasteiger partial charge in [-0.2, -0.15) is 0 Å². The van der Waals surface area contributed by atoms with E-state index < -0.39 is 15.5 Å². The van der Waals surface area contributed by atoms with Gasteiger partial charge in [0.25, 0.3) is 0 Å². The van der Waals surface area contributed by atoms with Crippen LogP contribution in [0.25, 0.3) is 0 Å². The molecule has 0 heterocycles. The molecule has 98 valence electrons. The molecule has 0 saturated heterocycles. The summed E-state index contributed by atoms with van der Waals surface area (Å²) < 4.78 is 20.9. The molecule has 0 fully saturated rings. The van der Waals surface area contributed by atoms with Crippen molar-refractivity contribution < 1.29 is 28.7 Å². The van der Waals surface area contributed by atoms with Crippen molar-refractivity contribution in [3.63, 3.8) is 0 Å². The van der Waals surface area contributed by atoms with Crippen molar-refractivity contribution in [3.8, 4) is 0 Å². The van der Waals surface area contributed by atoms with Crippen LogP contribution in [0.15, 0.2) is 0 Å². The zero-order valence-electron chi connectivity index (χ0n) is 8.91. The van der Waals surface area contributed by atoms with E-state index in [0.717, 1.165) is 0 Å². The van der Waals surface area contributed by atoms with Crippen LogP contribution in [-0.2, 0) is 9.13 Å². The van der Waals surface area contributed by atoms with Crippen molar-refractivity contribution in [2.45, 2.75) is 32.2 Å². The zero-order valence-corrected chi connectivity index (χ0v) is 10.7. The average molecular weight is 276 g/mol. The topological polar surface area (TPSA) is 139 Å². The largest absolute Gasteiger partial charge is 0.400 e. The molecule has 0 spiro atoms. The minimum atomic E-state index is -4.19. The predicted octanol–water partition coefficient (Wildman–Crippen LogP) is -0.0902. The molecule has 16 heavy (non-hydrogen) atoms. The predicted molar refractivity (Wildman–Crippen MR) is 58.5 cm³/mol. The van der Waals surface area contributed by atoms with Gasteiger partial charge in [-0.3, -0.25) is 0 Å². The number of hydrogen-bond acceptors (Lipinski definition) is 2. The molecule has 0 aromatic carbocycles. The second-order valence-corrected chi connectivity index (χ2v) is 6.27. The van der Waals surface area contributed by atoms with Crippen LogP contribution in [0.2, 0.25) is 0 Å². The Morgan fingerprint density at radius 3 is 2.06 bits per heavy atom. The van der Waals surface area contributed by atoms with Gasteiger partial charge in [-0.05, 0) is 19.8 Å². The Kier molecular flexibility index (Phi) is 6.93. The summed E-state index contributed by atoms with van der Waals surface area (Å²) in [6.45, 7) is 1.81. The van der Waals surface area contributed by atoms with Gasteiger partial charge in [0.15, 0.2) is 0 Å². The second-order valence-electron chi connectivity index (χ2n) is 3.52. The fourth-order valence-electron chi connectivity index (χ4n) is 1.15. The Morgan fingerprint density at radius 1 is 1.06 bits per heavy atom. The van der Waals surface area contributed by atoms with Crippen molar-refractivity contribution >= 4 is 15.5 Å². The molecule has 1 atom stereocenters. The molecule has 0 rings (SSSR count). The number of unbranched alkanes of at least 4 members (excludes halogenated alkanes) is 1. The zero-order chi connectivity index (χ0) is 12.8. The van der Waals surface area contributed by atoms with Crippen LogP contribution in [0.3, 0.4) is 0 Å². The highest BCUT2D eigenvalue weighted by Crippen LogP contribution is 2.30. The fourth-order valence-corrected chi connectivity index (χ4v) is 2.30. The van der Waals surface area contributed by atoms with E-state index in [2.05, 4.69) is 5.09 Å². The van der Waals surface area contributed by atoms with Gasteiger partial charge in [-0.15, -0.1) is 0 Å². The summed E-state index contributed by atoms with van der Waals surface area (Å²) in [7, 11) is -8.35. The minimum Gasteiger partial charge on any atom is -0.313 e. The lowest BCUT2D eigenvalue weighted by Gasteiger charge is -2.14. The lowest BCUT2D eigenvalue weighted by molar-refractivity contribution is 0.345. The van der Waals surface area contributed by atoms with Crippen molar-refractivity contribution in [2.75, 3.05) is 6.54 Å². The van der Waals surface area contributed by atoms with Crippen LogP contribution in [0.5, 0.6) is 0 Å². The minimum absolute atomic E-state index is 0.174. The standard InChI is InChI=1S/C6H18N2O6P2/c1-6(8-16(12,13)14)4-2-3-5-7-15(9,10)11/h6H,2-5H2,1H3,(H3,7,9,10,11)(H3,8,12,13,14). The highest BCUT2D eigenvalue weighted by atomic mass is 31.2. The Labute approximate surface area is 93.9 Å².